The van der Waals surface area contributed by atoms with Crippen LogP contribution in [-0.2, 0) is 11.8 Å². The van der Waals surface area contributed by atoms with Crippen molar-refractivity contribution in [3.8, 4) is 0 Å². The van der Waals surface area contributed by atoms with Crippen molar-refractivity contribution in [2.75, 3.05) is 26.2 Å². The zero-order valence-electron chi connectivity index (χ0n) is 14.4. The number of hydrogen-bond donors (Lipinski definition) is 0. The van der Waals surface area contributed by atoms with Crippen molar-refractivity contribution in [2.45, 2.75) is 38.5 Å². The normalized spacial score (nSPS) is 27.8. The molecule has 3 fully saturated rings. The highest BCUT2D eigenvalue weighted by atomic mass is 16.2. The van der Waals surface area contributed by atoms with Crippen molar-refractivity contribution in [3.63, 3.8) is 0 Å². The summed E-state index contributed by atoms with van der Waals surface area (Å²) in [5.41, 5.74) is 0.135. The van der Waals surface area contributed by atoms with Gasteiger partial charge in [-0.1, -0.05) is 6.42 Å². The third-order valence-electron chi connectivity index (χ3n) is 6.10. The average Bonchev–Trinajstić information content (AvgIpc) is 3.14. The molecule has 1 spiro atoms. The lowest BCUT2D eigenvalue weighted by atomic mass is 9.77. The quantitative estimate of drug-likeness (QED) is 0.847. The number of carbonyl (C=O) groups is 2. The van der Waals surface area contributed by atoms with E-state index in [2.05, 4.69) is 10.00 Å². The van der Waals surface area contributed by atoms with Crippen LogP contribution in [-0.4, -0.2) is 57.6 Å². The SMILES string of the molecule is Cn1ccc(C(=O)N2CCC3(CCCN(CC4CCC4)C3=O)C2)n1. The van der Waals surface area contributed by atoms with Gasteiger partial charge in [-0.2, -0.15) is 5.10 Å². The zero-order chi connectivity index (χ0) is 16.7. The van der Waals surface area contributed by atoms with E-state index in [1.165, 1.54) is 19.3 Å². The first-order valence-corrected chi connectivity index (χ1v) is 9.16. The third kappa shape index (κ3) is 2.62. The van der Waals surface area contributed by atoms with E-state index in [4.69, 9.17) is 0 Å². The molecule has 3 aliphatic rings. The summed E-state index contributed by atoms with van der Waals surface area (Å²) in [7, 11) is 1.81. The summed E-state index contributed by atoms with van der Waals surface area (Å²) in [4.78, 5) is 29.6. The molecule has 4 rings (SSSR count). The van der Waals surface area contributed by atoms with E-state index in [1.54, 1.807) is 16.9 Å². The number of aromatic nitrogens is 2. The number of amides is 2. The number of hydrogen-bond acceptors (Lipinski definition) is 3. The van der Waals surface area contributed by atoms with Crippen LogP contribution in [0.15, 0.2) is 12.3 Å². The summed E-state index contributed by atoms with van der Waals surface area (Å²) in [5.74, 6) is 0.949. The van der Waals surface area contributed by atoms with Gasteiger partial charge >= 0.3 is 0 Å². The van der Waals surface area contributed by atoms with Crippen LogP contribution in [0.5, 0.6) is 0 Å². The van der Waals surface area contributed by atoms with Crippen molar-refractivity contribution in [2.24, 2.45) is 18.4 Å². The highest BCUT2D eigenvalue weighted by molar-refractivity contribution is 5.93. The summed E-state index contributed by atoms with van der Waals surface area (Å²) < 4.78 is 1.64. The van der Waals surface area contributed by atoms with Crippen LogP contribution in [0.2, 0.25) is 0 Å². The molecule has 6 nitrogen and oxygen atoms in total. The van der Waals surface area contributed by atoms with E-state index >= 15 is 0 Å². The Morgan fingerprint density at radius 1 is 1.29 bits per heavy atom. The molecule has 1 saturated carbocycles. The van der Waals surface area contributed by atoms with Crippen LogP contribution in [0.25, 0.3) is 0 Å². The fraction of sp³-hybridized carbons (Fsp3) is 0.722. The van der Waals surface area contributed by atoms with Gasteiger partial charge in [0.15, 0.2) is 0 Å². The second-order valence-corrected chi connectivity index (χ2v) is 7.78. The Labute approximate surface area is 142 Å². The van der Waals surface area contributed by atoms with E-state index in [0.717, 1.165) is 32.4 Å². The Kier molecular flexibility index (Phi) is 3.85. The lowest BCUT2D eigenvalue weighted by Crippen LogP contribution is -2.52. The predicted octanol–water partition coefficient (Wildman–Crippen LogP) is 1.67. The molecule has 2 amide bonds. The van der Waals surface area contributed by atoms with Crippen LogP contribution in [0, 0.1) is 11.3 Å². The number of carbonyl (C=O) groups excluding carboxylic acids is 2. The van der Waals surface area contributed by atoms with E-state index in [1.807, 2.05) is 11.9 Å². The predicted molar refractivity (Wildman–Crippen MR) is 89.3 cm³/mol. The highest BCUT2D eigenvalue weighted by Crippen LogP contribution is 2.41. The van der Waals surface area contributed by atoms with Crippen molar-refractivity contribution in [1.82, 2.24) is 19.6 Å². The van der Waals surface area contributed by atoms with E-state index in [0.29, 0.717) is 24.7 Å². The average molecular weight is 330 g/mol. The molecular weight excluding hydrogens is 304 g/mol. The van der Waals surface area contributed by atoms with Crippen LogP contribution < -0.4 is 0 Å². The Morgan fingerprint density at radius 3 is 2.79 bits per heavy atom. The van der Waals surface area contributed by atoms with Gasteiger partial charge in [0.05, 0.1) is 5.41 Å². The molecule has 1 atom stereocenters. The zero-order valence-corrected chi connectivity index (χ0v) is 14.4. The number of rotatable bonds is 3. The van der Waals surface area contributed by atoms with Crippen molar-refractivity contribution in [3.05, 3.63) is 18.0 Å². The molecule has 1 aromatic rings. The van der Waals surface area contributed by atoms with E-state index in [-0.39, 0.29) is 17.2 Å². The standard InChI is InChI=1S/C18H26N4O2/c1-20-10-6-15(19-20)16(23)22-11-8-18(13-22)7-3-9-21(17(18)24)12-14-4-2-5-14/h6,10,14H,2-5,7-9,11-13H2,1H3. The maximum Gasteiger partial charge on any atom is 0.274 e. The van der Waals surface area contributed by atoms with Crippen LogP contribution in [0.1, 0.15) is 49.0 Å². The number of piperidine rings is 1. The molecule has 24 heavy (non-hydrogen) atoms. The maximum atomic E-state index is 13.1. The monoisotopic (exact) mass is 330 g/mol. The Bertz CT molecular complexity index is 651. The first kappa shape index (κ1) is 15.7. The summed E-state index contributed by atoms with van der Waals surface area (Å²) in [5, 5.41) is 4.21. The van der Waals surface area contributed by atoms with Gasteiger partial charge in [0.25, 0.3) is 5.91 Å². The van der Waals surface area contributed by atoms with Gasteiger partial charge in [0, 0.05) is 39.4 Å². The summed E-state index contributed by atoms with van der Waals surface area (Å²) in [6.07, 6.45) is 8.40. The smallest absolute Gasteiger partial charge is 0.274 e. The fourth-order valence-corrected chi connectivity index (χ4v) is 4.43. The molecule has 0 N–H and O–H groups in total. The maximum absolute atomic E-state index is 13.1. The van der Waals surface area contributed by atoms with Crippen molar-refractivity contribution < 1.29 is 9.59 Å². The lowest BCUT2D eigenvalue weighted by molar-refractivity contribution is -0.146. The van der Waals surface area contributed by atoms with Crippen LogP contribution in [0.4, 0.5) is 0 Å². The third-order valence-corrected chi connectivity index (χ3v) is 6.10. The largest absolute Gasteiger partial charge is 0.342 e. The van der Waals surface area contributed by atoms with Gasteiger partial charge in [-0.15, -0.1) is 0 Å². The van der Waals surface area contributed by atoms with Gasteiger partial charge in [-0.3, -0.25) is 14.3 Å². The molecule has 2 saturated heterocycles. The highest BCUT2D eigenvalue weighted by Gasteiger charge is 2.49. The van der Waals surface area contributed by atoms with Gasteiger partial charge in [-0.25, -0.2) is 0 Å². The number of likely N-dealkylation sites (tertiary alicyclic amines) is 2. The molecule has 1 aliphatic carbocycles. The molecule has 0 radical (unpaired) electrons. The van der Waals surface area contributed by atoms with E-state index < -0.39 is 0 Å². The first-order valence-electron chi connectivity index (χ1n) is 9.16. The summed E-state index contributed by atoms with van der Waals surface area (Å²) in [6.45, 7) is 3.04. The fourth-order valence-electron chi connectivity index (χ4n) is 4.43. The summed E-state index contributed by atoms with van der Waals surface area (Å²) in [6, 6.07) is 1.75. The topological polar surface area (TPSA) is 58.4 Å². The molecule has 3 heterocycles. The molecular formula is C18H26N4O2. The molecule has 0 bridgehead atoms. The molecule has 6 heteroatoms. The van der Waals surface area contributed by atoms with Crippen molar-refractivity contribution >= 4 is 11.8 Å². The Morgan fingerprint density at radius 2 is 2.12 bits per heavy atom. The number of aryl methyl sites for hydroxylation is 1. The minimum absolute atomic E-state index is 0.0450. The van der Waals surface area contributed by atoms with Gasteiger partial charge in [0.1, 0.15) is 5.69 Å². The second kappa shape index (κ2) is 5.90. The molecule has 130 valence electrons. The van der Waals surface area contributed by atoms with Crippen LogP contribution >= 0.6 is 0 Å². The van der Waals surface area contributed by atoms with Crippen molar-refractivity contribution in [1.29, 1.82) is 0 Å². The molecule has 1 unspecified atom stereocenters. The minimum atomic E-state index is -0.341. The first-order chi connectivity index (χ1) is 11.6. The Hall–Kier alpha value is -1.85. The van der Waals surface area contributed by atoms with E-state index in [9.17, 15) is 9.59 Å². The summed E-state index contributed by atoms with van der Waals surface area (Å²) >= 11 is 0. The second-order valence-electron chi connectivity index (χ2n) is 7.78. The van der Waals surface area contributed by atoms with Gasteiger partial charge in [0.2, 0.25) is 5.91 Å². The molecule has 1 aromatic heterocycles. The minimum Gasteiger partial charge on any atom is -0.342 e. The molecule has 2 aliphatic heterocycles. The van der Waals surface area contributed by atoms with Gasteiger partial charge < -0.3 is 9.80 Å². The molecule has 0 aromatic carbocycles. The Balaban J connectivity index is 1.45. The number of nitrogens with zero attached hydrogens (tertiary/aromatic N) is 4. The van der Waals surface area contributed by atoms with Gasteiger partial charge in [-0.05, 0) is 44.1 Å². The lowest BCUT2D eigenvalue weighted by Gasteiger charge is -2.42. The van der Waals surface area contributed by atoms with Crippen LogP contribution in [0.3, 0.4) is 0 Å².